The van der Waals surface area contributed by atoms with E-state index in [0.29, 0.717) is 32.6 Å². The van der Waals surface area contributed by atoms with Crippen LogP contribution in [0.1, 0.15) is 18.4 Å². The first-order chi connectivity index (χ1) is 9.36. The molecule has 0 spiro atoms. The molecular weight excluding hydrogens is 295 g/mol. The van der Waals surface area contributed by atoms with Crippen molar-refractivity contribution < 1.29 is 17.9 Å². The van der Waals surface area contributed by atoms with E-state index < -0.39 is 17.3 Å². The van der Waals surface area contributed by atoms with Crippen LogP contribution in [-0.4, -0.2) is 30.3 Å². The summed E-state index contributed by atoms with van der Waals surface area (Å²) in [4.78, 5) is 3.77. The van der Waals surface area contributed by atoms with E-state index in [2.05, 4.69) is 10.3 Å². The average molecular weight is 310 g/mol. The van der Waals surface area contributed by atoms with Crippen LogP contribution in [0.15, 0.2) is 12.3 Å². The Hall–Kier alpha value is -1.05. The normalized spacial score (nSPS) is 18.9. The molecule has 1 aliphatic rings. The SMILES string of the molecule is NCC1(Nc2ncc(C(F)(F)F)cc2Cl)CCOCC1. The van der Waals surface area contributed by atoms with Crippen LogP contribution >= 0.6 is 11.6 Å². The van der Waals surface area contributed by atoms with E-state index in [-0.39, 0.29) is 10.8 Å². The van der Waals surface area contributed by atoms with Crippen LogP contribution in [0.4, 0.5) is 19.0 Å². The lowest BCUT2D eigenvalue weighted by atomic mass is 9.90. The molecule has 1 aromatic rings. The molecule has 0 bridgehead atoms. The van der Waals surface area contributed by atoms with Gasteiger partial charge in [0.25, 0.3) is 0 Å². The van der Waals surface area contributed by atoms with E-state index in [1.54, 1.807) is 0 Å². The van der Waals surface area contributed by atoms with E-state index in [0.717, 1.165) is 12.3 Å². The van der Waals surface area contributed by atoms with Crippen LogP contribution in [-0.2, 0) is 10.9 Å². The fourth-order valence-corrected chi connectivity index (χ4v) is 2.29. The van der Waals surface area contributed by atoms with Crippen molar-refractivity contribution >= 4 is 17.4 Å². The number of nitrogens with one attached hydrogen (secondary N) is 1. The molecule has 1 saturated heterocycles. The van der Waals surface area contributed by atoms with Crippen LogP contribution in [0.25, 0.3) is 0 Å². The molecule has 2 heterocycles. The fraction of sp³-hybridized carbons (Fsp3) is 0.583. The number of alkyl halides is 3. The standard InChI is InChI=1S/C12H15ClF3N3O/c13-9-5-8(12(14,15)16)6-18-10(9)19-11(7-17)1-3-20-4-2-11/h5-6H,1-4,7,17H2,(H,18,19). The number of nitrogens with zero attached hydrogens (tertiary/aromatic N) is 1. The molecule has 20 heavy (non-hydrogen) atoms. The van der Waals surface area contributed by atoms with Gasteiger partial charge >= 0.3 is 6.18 Å². The van der Waals surface area contributed by atoms with Crippen LogP contribution in [0.3, 0.4) is 0 Å². The van der Waals surface area contributed by atoms with Crippen molar-refractivity contribution in [2.24, 2.45) is 5.73 Å². The molecule has 0 aliphatic carbocycles. The van der Waals surface area contributed by atoms with Crippen molar-refractivity contribution in [3.8, 4) is 0 Å². The molecule has 0 atom stereocenters. The van der Waals surface area contributed by atoms with Gasteiger partial charge in [-0.25, -0.2) is 4.98 Å². The molecule has 4 nitrogen and oxygen atoms in total. The summed E-state index contributed by atoms with van der Waals surface area (Å²) < 4.78 is 42.9. The number of nitrogens with two attached hydrogens (primary N) is 1. The summed E-state index contributed by atoms with van der Waals surface area (Å²) in [7, 11) is 0. The van der Waals surface area contributed by atoms with Crippen LogP contribution in [0.5, 0.6) is 0 Å². The topological polar surface area (TPSA) is 60.2 Å². The number of pyridine rings is 1. The molecule has 1 aliphatic heterocycles. The van der Waals surface area contributed by atoms with Gasteiger partial charge < -0.3 is 15.8 Å². The second kappa shape index (κ2) is 5.75. The summed E-state index contributed by atoms with van der Waals surface area (Å²) in [5.41, 5.74) is 4.46. The Morgan fingerprint density at radius 2 is 2.05 bits per heavy atom. The summed E-state index contributed by atoms with van der Waals surface area (Å²) in [5, 5.41) is 3.01. The number of halogens is 4. The summed E-state index contributed by atoms with van der Waals surface area (Å²) in [6, 6.07) is 0.862. The highest BCUT2D eigenvalue weighted by Gasteiger charge is 2.34. The van der Waals surface area contributed by atoms with Crippen molar-refractivity contribution in [3.05, 3.63) is 22.8 Å². The summed E-state index contributed by atoms with van der Waals surface area (Å²) >= 11 is 5.88. The third kappa shape index (κ3) is 3.34. The van der Waals surface area contributed by atoms with Crippen LogP contribution in [0, 0.1) is 0 Å². The van der Waals surface area contributed by atoms with E-state index in [1.165, 1.54) is 0 Å². The quantitative estimate of drug-likeness (QED) is 0.901. The molecule has 0 aromatic carbocycles. The number of rotatable bonds is 3. The average Bonchev–Trinajstić information content (AvgIpc) is 2.41. The van der Waals surface area contributed by atoms with Gasteiger partial charge in [-0.1, -0.05) is 11.6 Å². The molecule has 0 saturated carbocycles. The molecule has 8 heteroatoms. The number of aromatic nitrogens is 1. The zero-order chi connectivity index (χ0) is 14.8. The minimum Gasteiger partial charge on any atom is -0.381 e. The van der Waals surface area contributed by atoms with E-state index in [9.17, 15) is 13.2 Å². The smallest absolute Gasteiger partial charge is 0.381 e. The van der Waals surface area contributed by atoms with Crippen molar-refractivity contribution in [2.75, 3.05) is 25.1 Å². The Bertz CT molecular complexity index is 476. The zero-order valence-corrected chi connectivity index (χ0v) is 11.4. The predicted molar refractivity (Wildman–Crippen MR) is 69.7 cm³/mol. The Labute approximate surface area is 119 Å². The Morgan fingerprint density at radius 1 is 1.40 bits per heavy atom. The van der Waals surface area contributed by atoms with E-state index in [1.807, 2.05) is 0 Å². The number of hydrogen-bond donors (Lipinski definition) is 2. The number of ether oxygens (including phenoxy) is 1. The Morgan fingerprint density at radius 3 is 2.55 bits per heavy atom. The molecule has 0 radical (unpaired) electrons. The number of hydrogen-bond acceptors (Lipinski definition) is 4. The fourth-order valence-electron chi connectivity index (χ4n) is 2.08. The van der Waals surface area contributed by atoms with Crippen molar-refractivity contribution in [3.63, 3.8) is 0 Å². The minimum absolute atomic E-state index is 0.0702. The second-order valence-corrected chi connectivity index (χ2v) is 5.18. The highest BCUT2D eigenvalue weighted by Crippen LogP contribution is 2.34. The van der Waals surface area contributed by atoms with Gasteiger partial charge in [0.1, 0.15) is 5.82 Å². The second-order valence-electron chi connectivity index (χ2n) is 4.77. The first-order valence-electron chi connectivity index (χ1n) is 6.15. The maximum Gasteiger partial charge on any atom is 0.417 e. The lowest BCUT2D eigenvalue weighted by Gasteiger charge is -2.37. The first kappa shape index (κ1) is 15.3. The minimum atomic E-state index is -4.46. The Kier molecular flexibility index (Phi) is 4.41. The monoisotopic (exact) mass is 309 g/mol. The third-order valence-electron chi connectivity index (χ3n) is 3.39. The Balaban J connectivity index is 2.21. The highest BCUT2D eigenvalue weighted by molar-refractivity contribution is 6.33. The van der Waals surface area contributed by atoms with Gasteiger partial charge in [-0.15, -0.1) is 0 Å². The largest absolute Gasteiger partial charge is 0.417 e. The molecule has 3 N–H and O–H groups in total. The molecule has 0 unspecified atom stereocenters. The summed E-state index contributed by atoms with van der Waals surface area (Å²) in [5.74, 6) is 0.215. The summed E-state index contributed by atoms with van der Waals surface area (Å²) in [6.07, 6.45) is -2.39. The van der Waals surface area contributed by atoms with Crippen LogP contribution in [0.2, 0.25) is 5.02 Å². The molecule has 112 valence electrons. The molecule has 0 amide bonds. The maximum absolute atomic E-state index is 12.5. The molecular formula is C12H15ClF3N3O. The van der Waals surface area contributed by atoms with Gasteiger partial charge in [-0.2, -0.15) is 13.2 Å². The molecule has 1 aromatic heterocycles. The van der Waals surface area contributed by atoms with Gasteiger partial charge in [0, 0.05) is 26.0 Å². The lowest BCUT2D eigenvalue weighted by molar-refractivity contribution is -0.137. The van der Waals surface area contributed by atoms with Gasteiger partial charge in [-0.05, 0) is 18.9 Å². The zero-order valence-electron chi connectivity index (χ0n) is 10.6. The van der Waals surface area contributed by atoms with Gasteiger partial charge in [0.15, 0.2) is 0 Å². The lowest BCUT2D eigenvalue weighted by Crippen LogP contribution is -2.49. The molecule has 2 rings (SSSR count). The first-order valence-corrected chi connectivity index (χ1v) is 6.53. The van der Waals surface area contributed by atoms with Crippen LogP contribution < -0.4 is 11.1 Å². The van der Waals surface area contributed by atoms with Gasteiger partial charge in [0.05, 0.1) is 16.1 Å². The van der Waals surface area contributed by atoms with E-state index >= 15 is 0 Å². The van der Waals surface area contributed by atoms with E-state index in [4.69, 9.17) is 22.1 Å². The van der Waals surface area contributed by atoms with Crippen molar-refractivity contribution in [1.82, 2.24) is 4.98 Å². The van der Waals surface area contributed by atoms with Crippen molar-refractivity contribution in [2.45, 2.75) is 24.6 Å². The maximum atomic E-state index is 12.5. The number of anilines is 1. The molecule has 1 fully saturated rings. The predicted octanol–water partition coefficient (Wildman–Crippen LogP) is 2.67. The highest BCUT2D eigenvalue weighted by atomic mass is 35.5. The van der Waals surface area contributed by atoms with Gasteiger partial charge in [-0.3, -0.25) is 0 Å². The van der Waals surface area contributed by atoms with Crippen molar-refractivity contribution in [1.29, 1.82) is 0 Å². The summed E-state index contributed by atoms with van der Waals surface area (Å²) in [6.45, 7) is 1.42. The van der Waals surface area contributed by atoms with Gasteiger partial charge in [0.2, 0.25) is 0 Å². The third-order valence-corrected chi connectivity index (χ3v) is 3.68.